The molecular weight excluding hydrogens is 965 g/mol. The quantitative estimate of drug-likeness (QED) is 0.0351. The summed E-state index contributed by atoms with van der Waals surface area (Å²) < 4.78 is 61.9. The van der Waals surface area contributed by atoms with Gasteiger partial charge in [-0.25, -0.2) is 28.6 Å². The number of hydrogen-bond donors (Lipinski definition) is 13. The number of carbonyl (C=O) groups is 6. The number of nitrogens with zero attached hydrogens (tertiary/aromatic N) is 4. The summed E-state index contributed by atoms with van der Waals surface area (Å²) in [4.78, 5) is 117. The fraction of sp³-hybridized carbons (Fsp3) is 0.633. The highest BCUT2D eigenvalue weighted by Crippen LogP contribution is 2.61. The van der Waals surface area contributed by atoms with Crippen molar-refractivity contribution in [2.45, 2.75) is 82.6 Å². The zero-order chi connectivity index (χ0) is 49.5. The number of fused-ring (bicyclic) bond motifs is 1. The van der Waals surface area contributed by atoms with Crippen molar-refractivity contribution in [3.05, 3.63) is 12.7 Å². The van der Waals surface area contributed by atoms with Crippen molar-refractivity contribution in [2.24, 2.45) is 11.1 Å². The number of aliphatic carboxylic acids is 3. The number of phosphoric acid groups is 3. The van der Waals surface area contributed by atoms with Gasteiger partial charge in [-0.1, -0.05) is 25.6 Å². The molecule has 3 heterocycles. The van der Waals surface area contributed by atoms with Crippen LogP contribution in [0.4, 0.5) is 5.82 Å². The van der Waals surface area contributed by atoms with Crippen molar-refractivity contribution in [3.8, 4) is 0 Å². The molecule has 2 amide bonds. The molecule has 2 aromatic heterocycles. The van der Waals surface area contributed by atoms with Crippen molar-refractivity contribution in [2.75, 3.05) is 37.8 Å². The van der Waals surface area contributed by atoms with E-state index in [1.165, 1.54) is 13.8 Å². The molecule has 0 aliphatic carbocycles. The molecule has 0 radical (unpaired) electrons. The maximum atomic E-state index is 12.6. The molecule has 8 atom stereocenters. The minimum absolute atomic E-state index is 0.0197. The number of rotatable bonds is 26. The second-order valence-corrected chi connectivity index (χ2v) is 19.4. The van der Waals surface area contributed by atoms with Gasteiger partial charge in [0, 0.05) is 43.5 Å². The number of nitrogens with two attached hydrogens (primary N) is 2. The summed E-state index contributed by atoms with van der Waals surface area (Å²) in [6, 6.07) is -1.06. The van der Waals surface area contributed by atoms with Crippen LogP contribution in [0, 0.1) is 5.41 Å². The Balaban J connectivity index is 0.00000129. The third kappa shape index (κ3) is 20.1. The van der Waals surface area contributed by atoms with Crippen LogP contribution in [-0.4, -0.2) is 162 Å². The van der Waals surface area contributed by atoms with Gasteiger partial charge in [-0.15, -0.1) is 0 Å². The number of aliphatic hydroxyl groups is 2. The van der Waals surface area contributed by atoms with E-state index in [4.69, 9.17) is 40.6 Å². The Labute approximate surface area is 371 Å². The van der Waals surface area contributed by atoms with Crippen molar-refractivity contribution >= 4 is 87.0 Å². The van der Waals surface area contributed by atoms with Crippen LogP contribution in [-0.2, 0) is 65.1 Å². The minimum Gasteiger partial charge on any atom is -0.481 e. The summed E-state index contributed by atoms with van der Waals surface area (Å²) in [5.74, 6) is -4.71. The van der Waals surface area contributed by atoms with E-state index in [0.717, 1.165) is 29.0 Å². The van der Waals surface area contributed by atoms with Gasteiger partial charge in [-0.2, -0.15) is 4.31 Å². The molecule has 15 N–H and O–H groups in total. The van der Waals surface area contributed by atoms with Gasteiger partial charge in [-0.05, 0) is 6.42 Å². The van der Waals surface area contributed by atoms with Gasteiger partial charge < -0.3 is 71.9 Å². The zero-order valence-corrected chi connectivity index (χ0v) is 37.6. The van der Waals surface area contributed by atoms with Crippen molar-refractivity contribution < 1.29 is 110 Å². The molecule has 2 aromatic rings. The first-order chi connectivity index (χ1) is 29.9. The van der Waals surface area contributed by atoms with Crippen molar-refractivity contribution in [3.63, 3.8) is 0 Å². The van der Waals surface area contributed by atoms with Crippen LogP contribution in [0.1, 0.15) is 52.2 Å². The topological polar surface area (TPSA) is 502 Å². The zero-order valence-electron chi connectivity index (χ0n) is 34.1. The lowest BCUT2D eigenvalue weighted by atomic mass is 9.87. The number of aliphatic hydroxyl groups excluding tert-OH is 2. The first-order valence-electron chi connectivity index (χ1n) is 18.4. The Morgan fingerprint density at radius 1 is 0.923 bits per heavy atom. The second kappa shape index (κ2) is 25.2. The molecule has 1 aliphatic rings. The summed E-state index contributed by atoms with van der Waals surface area (Å²) in [5.41, 5.74) is 9.20. The number of thioether (sulfide) groups is 1. The van der Waals surface area contributed by atoms with Gasteiger partial charge in [0.05, 0.1) is 26.0 Å². The normalized spacial score (nSPS) is 20.3. The van der Waals surface area contributed by atoms with Crippen LogP contribution in [0.15, 0.2) is 12.7 Å². The van der Waals surface area contributed by atoms with Crippen molar-refractivity contribution in [1.82, 2.24) is 30.2 Å². The van der Waals surface area contributed by atoms with Crippen LogP contribution in [0.25, 0.3) is 11.2 Å². The Hall–Kier alpha value is -4.07. The van der Waals surface area contributed by atoms with E-state index in [9.17, 15) is 72.2 Å². The number of ether oxygens (including phenoxy) is 1. The highest BCUT2D eigenvalue weighted by Gasteiger charge is 2.50. The number of carboxylic acids is 3. The number of phosphoric ester groups is 3. The standard InChI is InChI=1S/C25H40N7O19P3S.C5H9NO4/c1-25(2,20(38)23(39)28-6-5-14(33)27-7-8-55-16(36)4-3-15(34)35)10-48-54(45,46)51-53(43,44)47-9-13-19(50-52(40,41)42)18(37)24(49-13)32-12-31-17-21(26)29-11-30-22(17)32;6-3(5(9)10)1-2-4(7)8/h11-13,18-20,24,37-38H,3-10H2,1-2H3,(H,27,33)(H,28,39)(H,34,35)(H,43,44)(H,45,46)(H2,26,29,30)(H2,40,41,42);3H,1-2,6H2,(H,7,8)(H,9,10)/t13-,18-,19-,20+,24-;3-/m10/s1. The third-order valence-corrected chi connectivity index (χ3v) is 12.3. The number of aromatic nitrogens is 4. The molecule has 3 rings (SSSR count). The predicted octanol–water partition coefficient (Wildman–Crippen LogP) is -2.21. The lowest BCUT2D eigenvalue weighted by molar-refractivity contribution is -0.140. The molecule has 31 nitrogen and oxygen atoms in total. The highest BCUT2D eigenvalue weighted by molar-refractivity contribution is 8.13. The van der Waals surface area contributed by atoms with E-state index in [1.807, 2.05) is 0 Å². The van der Waals surface area contributed by atoms with Crippen molar-refractivity contribution in [1.29, 1.82) is 0 Å². The van der Waals surface area contributed by atoms with Gasteiger partial charge in [-0.3, -0.25) is 46.9 Å². The molecular formula is C30H49N8O23P3S. The smallest absolute Gasteiger partial charge is 0.481 e. The van der Waals surface area contributed by atoms with E-state index in [-0.39, 0.29) is 73.0 Å². The van der Waals surface area contributed by atoms with Gasteiger partial charge in [0.25, 0.3) is 0 Å². The molecule has 0 bridgehead atoms. The number of nitrogens with one attached hydrogen (secondary N) is 2. The van der Waals surface area contributed by atoms with Gasteiger partial charge in [0.1, 0.15) is 42.3 Å². The van der Waals surface area contributed by atoms with E-state index in [1.54, 1.807) is 0 Å². The molecule has 0 spiro atoms. The summed E-state index contributed by atoms with van der Waals surface area (Å²) in [5, 5.41) is 50.6. The predicted molar refractivity (Wildman–Crippen MR) is 216 cm³/mol. The van der Waals surface area contributed by atoms with E-state index < -0.39 is 109 Å². The average molecular weight is 1010 g/mol. The molecule has 368 valence electrons. The molecule has 65 heavy (non-hydrogen) atoms. The van der Waals surface area contributed by atoms with Crippen LogP contribution in [0.5, 0.6) is 0 Å². The Morgan fingerprint density at radius 3 is 2.15 bits per heavy atom. The maximum Gasteiger partial charge on any atom is 0.481 e. The number of amides is 2. The monoisotopic (exact) mass is 1010 g/mol. The van der Waals surface area contributed by atoms with Gasteiger partial charge in [0.2, 0.25) is 11.8 Å². The summed E-state index contributed by atoms with van der Waals surface area (Å²) >= 11 is 0.849. The summed E-state index contributed by atoms with van der Waals surface area (Å²) in [6.07, 6.45) is -7.78. The van der Waals surface area contributed by atoms with Crippen LogP contribution in [0.2, 0.25) is 0 Å². The van der Waals surface area contributed by atoms with Crippen LogP contribution >= 0.6 is 35.2 Å². The van der Waals surface area contributed by atoms with Gasteiger partial charge >= 0.3 is 41.4 Å². The van der Waals surface area contributed by atoms with Crippen LogP contribution < -0.4 is 22.1 Å². The third-order valence-electron chi connectivity index (χ3n) is 8.29. The van der Waals surface area contributed by atoms with E-state index >= 15 is 0 Å². The molecule has 2 unspecified atom stereocenters. The minimum atomic E-state index is -5.59. The fourth-order valence-electron chi connectivity index (χ4n) is 4.98. The lowest BCUT2D eigenvalue weighted by Crippen LogP contribution is -2.46. The molecule has 0 aromatic carbocycles. The van der Waals surface area contributed by atoms with E-state index in [2.05, 4.69) is 34.4 Å². The highest BCUT2D eigenvalue weighted by atomic mass is 32.2. The molecule has 1 aliphatic heterocycles. The largest absolute Gasteiger partial charge is 0.481 e. The summed E-state index contributed by atoms with van der Waals surface area (Å²) in [6.45, 7) is 0.213. The second-order valence-electron chi connectivity index (χ2n) is 14.1. The number of imidazole rings is 1. The van der Waals surface area contributed by atoms with E-state index in [0.29, 0.717) is 0 Å². The molecule has 1 fully saturated rings. The molecule has 35 heteroatoms. The summed E-state index contributed by atoms with van der Waals surface area (Å²) in [7, 11) is -16.4. The molecule has 0 saturated carbocycles. The maximum absolute atomic E-state index is 12.6. The number of hydrogen-bond acceptors (Lipinski definition) is 22. The first-order valence-corrected chi connectivity index (χ1v) is 23.9. The van der Waals surface area contributed by atoms with Gasteiger partial charge in [0.15, 0.2) is 22.8 Å². The fourth-order valence-corrected chi connectivity index (χ4v) is 8.49. The Bertz CT molecular complexity index is 2140. The first kappa shape index (κ1) is 57.1. The average Bonchev–Trinajstić information content (AvgIpc) is 3.75. The Kier molecular flexibility index (Phi) is 22.1. The number of carboxylic acid groups (broad SMARTS) is 3. The number of nitrogen functional groups attached to an aromatic ring is 1. The number of carbonyl (C=O) groups excluding carboxylic acids is 3. The lowest BCUT2D eigenvalue weighted by Gasteiger charge is -2.30. The number of anilines is 1. The SMILES string of the molecule is CC(C)(COP(=O)(O)OP(=O)(O)OC[C@H]1O[C@@H](n2cnc3c(N)ncnc32)[C@H](O)[C@@H]1OP(=O)(O)O)[C@@H](O)C(=O)NCCC(=O)NCCSC(=O)CCC(=O)O.N[C@@H](CCC(=O)O)C(=O)O. The molecule has 1 saturated heterocycles. The van der Waals surface area contributed by atoms with Crippen LogP contribution in [0.3, 0.4) is 0 Å². The Morgan fingerprint density at radius 2 is 1.55 bits per heavy atom.